The van der Waals surface area contributed by atoms with E-state index in [1.54, 1.807) is 4.90 Å². The zero-order valence-corrected chi connectivity index (χ0v) is 12.7. The minimum Gasteiger partial charge on any atom is -0.361 e. The van der Waals surface area contributed by atoms with Crippen molar-refractivity contribution in [3.05, 3.63) is 17.0 Å². The first-order valence-electron chi connectivity index (χ1n) is 7.44. The summed E-state index contributed by atoms with van der Waals surface area (Å²) in [5.41, 5.74) is 0.986. The van der Waals surface area contributed by atoms with Crippen molar-refractivity contribution >= 4 is 11.8 Å². The van der Waals surface area contributed by atoms with E-state index in [1.807, 2.05) is 20.8 Å². The lowest BCUT2D eigenvalue weighted by Gasteiger charge is -2.32. The van der Waals surface area contributed by atoms with E-state index >= 15 is 0 Å². The summed E-state index contributed by atoms with van der Waals surface area (Å²) < 4.78 is 5.17. The molecule has 0 radical (unpaired) electrons. The number of rotatable bonds is 3. The van der Waals surface area contributed by atoms with Gasteiger partial charge in [-0.1, -0.05) is 5.16 Å². The van der Waals surface area contributed by atoms with Gasteiger partial charge in [-0.2, -0.15) is 0 Å². The molecule has 3 rings (SSSR count). The first-order valence-corrected chi connectivity index (χ1v) is 7.44. The molecule has 2 heterocycles. The van der Waals surface area contributed by atoms with Crippen molar-refractivity contribution in [2.75, 3.05) is 6.54 Å². The number of hydrogen-bond donors (Lipinski definition) is 1. The number of aryl methyl sites for hydroxylation is 2. The second-order valence-corrected chi connectivity index (χ2v) is 6.30. The van der Waals surface area contributed by atoms with Crippen LogP contribution in [0, 0.1) is 19.8 Å². The van der Waals surface area contributed by atoms with Crippen LogP contribution >= 0.6 is 0 Å². The van der Waals surface area contributed by atoms with Crippen LogP contribution < -0.4 is 5.32 Å². The molecule has 0 spiro atoms. The average Bonchev–Trinajstić information content (AvgIpc) is 3.24. The largest absolute Gasteiger partial charge is 0.361 e. The molecule has 1 aromatic heterocycles. The van der Waals surface area contributed by atoms with Crippen molar-refractivity contribution < 1.29 is 14.1 Å². The van der Waals surface area contributed by atoms with Crippen molar-refractivity contribution in [1.29, 1.82) is 0 Å². The Morgan fingerprint density at radius 1 is 1.38 bits per heavy atom. The van der Waals surface area contributed by atoms with E-state index in [1.165, 1.54) is 0 Å². The monoisotopic (exact) mass is 291 g/mol. The van der Waals surface area contributed by atoms with E-state index in [-0.39, 0.29) is 17.7 Å². The van der Waals surface area contributed by atoms with Gasteiger partial charge in [-0.3, -0.25) is 9.59 Å². The zero-order chi connectivity index (χ0) is 15.2. The first kappa shape index (κ1) is 14.1. The molecule has 1 saturated carbocycles. The maximum absolute atomic E-state index is 12.9. The lowest BCUT2D eigenvalue weighted by molar-refractivity contribution is -0.139. The Hall–Kier alpha value is -1.85. The Morgan fingerprint density at radius 2 is 2.10 bits per heavy atom. The smallest absolute Gasteiger partial charge is 0.248 e. The van der Waals surface area contributed by atoms with Crippen LogP contribution in [-0.2, 0) is 16.1 Å². The highest BCUT2D eigenvalue weighted by Gasteiger charge is 2.51. The number of aromatic nitrogens is 1. The van der Waals surface area contributed by atoms with Crippen LogP contribution in [0.4, 0.5) is 0 Å². The fourth-order valence-corrected chi connectivity index (χ4v) is 3.08. The van der Waals surface area contributed by atoms with Gasteiger partial charge < -0.3 is 14.7 Å². The Labute approximate surface area is 123 Å². The number of carbonyl (C=O) groups is 2. The molecule has 1 unspecified atom stereocenters. The maximum atomic E-state index is 12.9. The standard InChI is InChI=1S/C15H21N3O3/c1-9-12(10(2)21-17-9)8-18-7-6-13(19)16-15(3,14(18)20)11-4-5-11/h11H,4-8H2,1-3H3,(H,16,19). The molecule has 1 aromatic rings. The molecule has 2 fully saturated rings. The molecule has 2 aliphatic rings. The van der Waals surface area contributed by atoms with Gasteiger partial charge in [0.2, 0.25) is 11.8 Å². The topological polar surface area (TPSA) is 75.4 Å². The SMILES string of the molecule is Cc1noc(C)c1CN1CCC(=O)NC(C)(C2CC2)C1=O. The van der Waals surface area contributed by atoms with Crippen LogP contribution in [0.5, 0.6) is 0 Å². The minimum absolute atomic E-state index is 0.0100. The second-order valence-electron chi connectivity index (χ2n) is 6.30. The third kappa shape index (κ3) is 2.43. The van der Waals surface area contributed by atoms with Gasteiger partial charge in [0.05, 0.1) is 12.2 Å². The third-order valence-electron chi connectivity index (χ3n) is 4.66. The summed E-state index contributed by atoms with van der Waals surface area (Å²) in [6.07, 6.45) is 2.35. The molecule has 1 saturated heterocycles. The lowest BCUT2D eigenvalue weighted by atomic mass is 9.94. The van der Waals surface area contributed by atoms with Crippen LogP contribution in [0.25, 0.3) is 0 Å². The van der Waals surface area contributed by atoms with E-state index in [0.717, 1.165) is 29.9 Å². The van der Waals surface area contributed by atoms with Crippen LogP contribution in [0.15, 0.2) is 4.52 Å². The molecule has 6 heteroatoms. The zero-order valence-electron chi connectivity index (χ0n) is 12.7. The summed E-state index contributed by atoms with van der Waals surface area (Å²) in [5.74, 6) is 0.964. The third-order valence-corrected chi connectivity index (χ3v) is 4.66. The predicted octanol–water partition coefficient (Wildman–Crippen LogP) is 1.31. The van der Waals surface area contributed by atoms with Crippen molar-refractivity contribution in [1.82, 2.24) is 15.4 Å². The highest BCUT2D eigenvalue weighted by Crippen LogP contribution is 2.41. The van der Waals surface area contributed by atoms with Crippen LogP contribution in [0.2, 0.25) is 0 Å². The molecule has 1 aliphatic heterocycles. The molecule has 1 N–H and O–H groups in total. The summed E-state index contributed by atoms with van der Waals surface area (Å²) in [6, 6.07) is 0. The van der Waals surface area contributed by atoms with Crippen LogP contribution in [0.3, 0.4) is 0 Å². The molecule has 114 valence electrons. The van der Waals surface area contributed by atoms with E-state index in [4.69, 9.17) is 4.52 Å². The molecule has 0 aromatic carbocycles. The maximum Gasteiger partial charge on any atom is 0.248 e. The fraction of sp³-hybridized carbons (Fsp3) is 0.667. The molecule has 2 amide bonds. The van der Waals surface area contributed by atoms with E-state index in [0.29, 0.717) is 19.5 Å². The lowest BCUT2D eigenvalue weighted by Crippen LogP contribution is -2.56. The minimum atomic E-state index is -0.757. The second kappa shape index (κ2) is 4.86. The molecule has 21 heavy (non-hydrogen) atoms. The average molecular weight is 291 g/mol. The quantitative estimate of drug-likeness (QED) is 0.911. The van der Waals surface area contributed by atoms with Gasteiger partial charge in [0.25, 0.3) is 0 Å². The van der Waals surface area contributed by atoms with Gasteiger partial charge in [-0.15, -0.1) is 0 Å². The summed E-state index contributed by atoms with van der Waals surface area (Å²) in [6.45, 7) is 6.48. The van der Waals surface area contributed by atoms with Crippen molar-refractivity contribution in [3.8, 4) is 0 Å². The number of nitrogens with one attached hydrogen (secondary N) is 1. The van der Waals surface area contributed by atoms with Gasteiger partial charge in [-0.25, -0.2) is 0 Å². The van der Waals surface area contributed by atoms with E-state index in [2.05, 4.69) is 10.5 Å². The number of nitrogens with zero attached hydrogens (tertiary/aromatic N) is 2. The number of carbonyl (C=O) groups excluding carboxylic acids is 2. The number of amides is 2. The summed E-state index contributed by atoms with van der Waals surface area (Å²) >= 11 is 0. The Morgan fingerprint density at radius 3 is 2.67 bits per heavy atom. The molecule has 1 aliphatic carbocycles. The highest BCUT2D eigenvalue weighted by molar-refractivity contribution is 5.93. The highest BCUT2D eigenvalue weighted by atomic mass is 16.5. The van der Waals surface area contributed by atoms with E-state index < -0.39 is 5.54 Å². The molecule has 1 atom stereocenters. The van der Waals surface area contributed by atoms with Gasteiger partial charge >= 0.3 is 0 Å². The van der Waals surface area contributed by atoms with Crippen LogP contribution in [0.1, 0.15) is 43.2 Å². The predicted molar refractivity (Wildman–Crippen MR) is 75.3 cm³/mol. The van der Waals surface area contributed by atoms with Crippen molar-refractivity contribution in [3.63, 3.8) is 0 Å². The van der Waals surface area contributed by atoms with Crippen LogP contribution in [-0.4, -0.2) is 34.0 Å². The van der Waals surface area contributed by atoms with Crippen molar-refractivity contribution in [2.24, 2.45) is 5.92 Å². The Balaban J connectivity index is 1.87. The molecule has 6 nitrogen and oxygen atoms in total. The summed E-state index contributed by atoms with van der Waals surface area (Å²) in [5, 5.41) is 6.87. The van der Waals surface area contributed by atoms with Gasteiger partial charge in [0.1, 0.15) is 11.3 Å². The van der Waals surface area contributed by atoms with E-state index in [9.17, 15) is 9.59 Å². The van der Waals surface area contributed by atoms with Gasteiger partial charge in [0.15, 0.2) is 0 Å². The molecule has 0 bridgehead atoms. The number of hydrogen-bond acceptors (Lipinski definition) is 4. The summed E-state index contributed by atoms with van der Waals surface area (Å²) in [7, 11) is 0. The van der Waals surface area contributed by atoms with Gasteiger partial charge in [0, 0.05) is 18.5 Å². The normalized spacial score (nSPS) is 26.7. The fourth-order valence-electron chi connectivity index (χ4n) is 3.08. The Bertz CT molecular complexity index is 571. The Kier molecular flexibility index (Phi) is 3.26. The molecular weight excluding hydrogens is 270 g/mol. The van der Waals surface area contributed by atoms with Crippen molar-refractivity contribution in [2.45, 2.75) is 52.1 Å². The molecular formula is C15H21N3O3. The van der Waals surface area contributed by atoms with Gasteiger partial charge in [-0.05, 0) is 39.5 Å². The first-order chi connectivity index (χ1) is 9.91. The summed E-state index contributed by atoms with van der Waals surface area (Å²) in [4.78, 5) is 26.6.